The van der Waals surface area contributed by atoms with Crippen molar-refractivity contribution in [2.45, 2.75) is 386 Å². The molecule has 0 amide bonds. The van der Waals surface area contributed by atoms with Gasteiger partial charge in [-0.2, -0.15) is 0 Å². The zero-order valence-corrected chi connectivity index (χ0v) is 54.3. The van der Waals surface area contributed by atoms with Gasteiger partial charge in [-0.05, 0) is 77.0 Å². The molecule has 1 unspecified atom stereocenters. The molecule has 0 spiro atoms. The second-order valence-electron chi connectivity index (χ2n) is 24.1. The van der Waals surface area contributed by atoms with E-state index >= 15 is 0 Å². The predicted octanol–water partition coefficient (Wildman–Crippen LogP) is 24.7. The fourth-order valence-corrected chi connectivity index (χ4v) is 10.7. The van der Waals surface area contributed by atoms with E-state index in [1.54, 1.807) is 0 Å². The summed E-state index contributed by atoms with van der Waals surface area (Å²) < 4.78 is 17.0. The van der Waals surface area contributed by atoms with Crippen LogP contribution in [0.25, 0.3) is 0 Å². The molecule has 0 aromatic rings. The Kier molecular flexibility index (Phi) is 67.1. The van der Waals surface area contributed by atoms with Crippen molar-refractivity contribution in [3.8, 4) is 0 Å². The highest BCUT2D eigenvalue weighted by molar-refractivity contribution is 5.71. The molecule has 0 heterocycles. The van der Waals surface area contributed by atoms with Crippen LogP contribution in [0, 0.1) is 0 Å². The van der Waals surface area contributed by atoms with Crippen molar-refractivity contribution in [3.63, 3.8) is 0 Å². The minimum Gasteiger partial charge on any atom is -0.462 e. The van der Waals surface area contributed by atoms with Gasteiger partial charge in [-0.15, -0.1) is 0 Å². The first-order valence-electron chi connectivity index (χ1n) is 35.8. The number of carbonyl (C=O) groups excluding carboxylic acids is 3. The summed E-state index contributed by atoms with van der Waals surface area (Å²) >= 11 is 0. The van der Waals surface area contributed by atoms with Crippen LogP contribution in [-0.4, -0.2) is 37.2 Å². The highest BCUT2D eigenvalue weighted by Crippen LogP contribution is 2.19. The molecule has 6 nitrogen and oxygen atoms in total. The molecule has 0 aliphatic rings. The lowest BCUT2D eigenvalue weighted by Gasteiger charge is -2.18. The number of hydrogen-bond acceptors (Lipinski definition) is 6. The maximum absolute atomic E-state index is 12.9. The zero-order chi connectivity index (χ0) is 58.5. The molecule has 81 heavy (non-hydrogen) atoms. The average Bonchev–Trinajstić information content (AvgIpc) is 3.47. The molecule has 0 radical (unpaired) electrons. The van der Waals surface area contributed by atoms with Crippen LogP contribution in [0.4, 0.5) is 0 Å². The number of unbranched alkanes of at least 4 members (excludes halogenated alkanes) is 45. The summed E-state index contributed by atoms with van der Waals surface area (Å²) in [5.41, 5.74) is 0. The molecule has 0 aliphatic carbocycles. The molecule has 6 heteroatoms. The van der Waals surface area contributed by atoms with Crippen LogP contribution in [0.1, 0.15) is 380 Å². The van der Waals surface area contributed by atoms with Crippen molar-refractivity contribution in [3.05, 3.63) is 60.8 Å². The van der Waals surface area contributed by atoms with Gasteiger partial charge >= 0.3 is 17.9 Å². The zero-order valence-electron chi connectivity index (χ0n) is 54.3. The Morgan fingerprint density at radius 3 is 0.802 bits per heavy atom. The minimum atomic E-state index is -0.773. The second kappa shape index (κ2) is 69.6. The number of esters is 3. The second-order valence-corrected chi connectivity index (χ2v) is 24.1. The standard InChI is InChI=1S/C75H136O6/c1-4-7-10-13-16-19-22-24-26-28-30-31-32-33-34-35-36-37-38-39-40-41-42-43-45-46-48-50-53-56-59-62-65-68-74(77)80-71-72(70-79-73(76)67-64-61-58-55-52-21-18-15-12-9-6-3)81-75(78)69-66-63-60-57-54-51-49-47-44-29-27-25-23-20-17-14-11-8-5-2/h7,10,15-16,18-19,24,26,30-31,72H,4-6,8-9,11-14,17,20-23,25,27-29,32-71H2,1-3H3/b10-7-,18-15-,19-16-,26-24-,31-30-. The molecule has 0 fully saturated rings. The third-order valence-electron chi connectivity index (χ3n) is 16.0. The Balaban J connectivity index is 4.09. The van der Waals surface area contributed by atoms with Gasteiger partial charge in [0, 0.05) is 19.3 Å². The summed E-state index contributed by atoms with van der Waals surface area (Å²) in [4.78, 5) is 38.3. The van der Waals surface area contributed by atoms with E-state index in [2.05, 4.69) is 81.5 Å². The summed E-state index contributed by atoms with van der Waals surface area (Å²) in [6, 6.07) is 0. The minimum absolute atomic E-state index is 0.0702. The van der Waals surface area contributed by atoms with Crippen molar-refractivity contribution in [1.82, 2.24) is 0 Å². The van der Waals surface area contributed by atoms with Crippen LogP contribution in [-0.2, 0) is 28.6 Å². The lowest BCUT2D eigenvalue weighted by atomic mass is 10.0. The average molecular weight is 1130 g/mol. The molecular weight excluding hydrogens is 997 g/mol. The summed E-state index contributed by atoms with van der Waals surface area (Å²) in [6.45, 7) is 6.55. The normalized spacial score (nSPS) is 12.4. The highest BCUT2D eigenvalue weighted by Gasteiger charge is 2.19. The molecular formula is C75H136O6. The van der Waals surface area contributed by atoms with Gasteiger partial charge in [-0.3, -0.25) is 14.4 Å². The van der Waals surface area contributed by atoms with E-state index in [9.17, 15) is 14.4 Å². The maximum Gasteiger partial charge on any atom is 0.306 e. The molecule has 472 valence electrons. The van der Waals surface area contributed by atoms with Gasteiger partial charge in [0.25, 0.3) is 0 Å². The van der Waals surface area contributed by atoms with Crippen molar-refractivity contribution >= 4 is 17.9 Å². The molecule has 0 aliphatic heterocycles. The first-order chi connectivity index (χ1) is 40.0. The Labute approximate surface area is 504 Å². The van der Waals surface area contributed by atoms with Crippen LogP contribution < -0.4 is 0 Å². The van der Waals surface area contributed by atoms with E-state index in [0.29, 0.717) is 19.3 Å². The number of ether oxygens (including phenoxy) is 3. The summed E-state index contributed by atoms with van der Waals surface area (Å²) in [5.74, 6) is -0.854. The van der Waals surface area contributed by atoms with Crippen molar-refractivity contribution in [2.75, 3.05) is 13.2 Å². The lowest BCUT2D eigenvalue weighted by Crippen LogP contribution is -2.30. The quantitative estimate of drug-likeness (QED) is 0.0261. The monoisotopic (exact) mass is 1130 g/mol. The topological polar surface area (TPSA) is 78.9 Å². The van der Waals surface area contributed by atoms with Crippen LogP contribution >= 0.6 is 0 Å². The van der Waals surface area contributed by atoms with Crippen molar-refractivity contribution in [2.24, 2.45) is 0 Å². The number of hydrogen-bond donors (Lipinski definition) is 0. The van der Waals surface area contributed by atoms with Crippen molar-refractivity contribution < 1.29 is 28.6 Å². The predicted molar refractivity (Wildman–Crippen MR) is 353 cm³/mol. The number of rotatable bonds is 66. The Morgan fingerprint density at radius 2 is 0.494 bits per heavy atom. The van der Waals surface area contributed by atoms with Crippen LogP contribution in [0.15, 0.2) is 60.8 Å². The third kappa shape index (κ3) is 67.8. The SMILES string of the molecule is CC/C=C\C/C=C\C/C=C\C/C=C\CCCCCCCCCCCCCCCCCCCCCCC(=O)OCC(COC(=O)CCCCCCC/C=C\CCCC)OC(=O)CCCCCCCCCCCCCCCCCCCCC. The van der Waals surface area contributed by atoms with Crippen molar-refractivity contribution in [1.29, 1.82) is 0 Å². The fraction of sp³-hybridized carbons (Fsp3) is 0.827. The van der Waals surface area contributed by atoms with Crippen LogP contribution in [0.5, 0.6) is 0 Å². The van der Waals surface area contributed by atoms with Crippen LogP contribution in [0.2, 0.25) is 0 Å². The molecule has 0 N–H and O–H groups in total. The largest absolute Gasteiger partial charge is 0.462 e. The summed E-state index contributed by atoms with van der Waals surface area (Å²) in [5, 5.41) is 0. The van der Waals surface area contributed by atoms with Gasteiger partial charge in [-0.1, -0.05) is 345 Å². The summed E-state index contributed by atoms with van der Waals surface area (Å²) in [7, 11) is 0. The van der Waals surface area contributed by atoms with Crippen LogP contribution in [0.3, 0.4) is 0 Å². The van der Waals surface area contributed by atoms with Gasteiger partial charge < -0.3 is 14.2 Å². The smallest absolute Gasteiger partial charge is 0.306 e. The Morgan fingerprint density at radius 1 is 0.259 bits per heavy atom. The Bertz CT molecular complexity index is 1440. The molecule has 0 saturated carbocycles. The van der Waals surface area contributed by atoms with E-state index in [1.807, 2.05) is 0 Å². The van der Waals surface area contributed by atoms with E-state index < -0.39 is 6.10 Å². The maximum atomic E-state index is 12.9. The molecule has 0 rings (SSSR count). The van der Waals surface area contributed by atoms with E-state index in [-0.39, 0.29) is 31.1 Å². The molecule has 1 atom stereocenters. The Hall–Kier alpha value is -2.89. The lowest BCUT2D eigenvalue weighted by molar-refractivity contribution is -0.167. The van der Waals surface area contributed by atoms with E-state index in [1.165, 1.54) is 250 Å². The van der Waals surface area contributed by atoms with E-state index in [4.69, 9.17) is 14.2 Å². The molecule has 0 bridgehead atoms. The first kappa shape index (κ1) is 78.1. The van der Waals surface area contributed by atoms with Gasteiger partial charge in [0.1, 0.15) is 13.2 Å². The highest BCUT2D eigenvalue weighted by atomic mass is 16.6. The molecule has 0 aromatic carbocycles. The molecule has 0 aromatic heterocycles. The first-order valence-corrected chi connectivity index (χ1v) is 35.8. The number of carbonyl (C=O) groups is 3. The van der Waals surface area contributed by atoms with Gasteiger partial charge in [0.15, 0.2) is 6.10 Å². The van der Waals surface area contributed by atoms with E-state index in [0.717, 1.165) is 89.9 Å². The fourth-order valence-electron chi connectivity index (χ4n) is 10.7. The summed E-state index contributed by atoms with van der Waals surface area (Å²) in [6.07, 6.45) is 89.8. The van der Waals surface area contributed by atoms with Gasteiger partial charge in [0.05, 0.1) is 0 Å². The number of allylic oxidation sites excluding steroid dienone is 10. The van der Waals surface area contributed by atoms with Gasteiger partial charge in [-0.25, -0.2) is 0 Å². The third-order valence-corrected chi connectivity index (χ3v) is 16.0. The van der Waals surface area contributed by atoms with Gasteiger partial charge in [0.2, 0.25) is 0 Å². The molecule has 0 saturated heterocycles.